The first-order valence-electron chi connectivity index (χ1n) is 15.6. The van der Waals surface area contributed by atoms with E-state index in [0.29, 0.717) is 29.8 Å². The fraction of sp³-hybridized carbons (Fsp3) is 0.333. The lowest BCUT2D eigenvalue weighted by molar-refractivity contribution is 0.0946. The van der Waals surface area contributed by atoms with E-state index in [4.69, 9.17) is 16.3 Å². The van der Waals surface area contributed by atoms with Crippen molar-refractivity contribution in [2.75, 3.05) is 57.3 Å². The molecular weight excluding hydrogens is 570 g/mol. The first-order valence-corrected chi connectivity index (χ1v) is 16.0. The third-order valence-electron chi connectivity index (χ3n) is 8.64. The maximum Gasteiger partial charge on any atom is 0.253 e. The minimum Gasteiger partial charge on any atom is -0.492 e. The SMILES string of the molecule is O=C(NCCOc1ccccc1)c1cnc(N2CCN(C3CCN(Cc4ccc(-c5ccccc5)cc4)CC3)CC2)c(Cl)c1. The maximum atomic E-state index is 12.6. The number of likely N-dealkylation sites (tertiary alicyclic amines) is 1. The molecule has 4 aromatic rings. The predicted octanol–water partition coefficient (Wildman–Crippen LogP) is 6.00. The highest BCUT2D eigenvalue weighted by Crippen LogP contribution is 2.27. The van der Waals surface area contributed by atoms with Crippen molar-refractivity contribution in [3.05, 3.63) is 113 Å². The summed E-state index contributed by atoms with van der Waals surface area (Å²) in [5, 5.41) is 3.39. The van der Waals surface area contributed by atoms with Gasteiger partial charge in [0.05, 0.1) is 17.1 Å². The van der Waals surface area contributed by atoms with Crippen LogP contribution in [0.25, 0.3) is 11.1 Å². The highest BCUT2D eigenvalue weighted by atomic mass is 35.5. The number of piperidine rings is 1. The van der Waals surface area contributed by atoms with Crippen LogP contribution in [0, 0.1) is 0 Å². The van der Waals surface area contributed by atoms with Gasteiger partial charge in [-0.1, -0.05) is 84.4 Å². The van der Waals surface area contributed by atoms with Crippen LogP contribution in [-0.4, -0.2) is 79.2 Å². The largest absolute Gasteiger partial charge is 0.492 e. The lowest BCUT2D eigenvalue weighted by atomic mass is 10.0. The number of amides is 1. The molecule has 0 aliphatic carbocycles. The molecule has 3 aromatic carbocycles. The van der Waals surface area contributed by atoms with Crippen LogP contribution in [0.2, 0.25) is 5.02 Å². The van der Waals surface area contributed by atoms with Gasteiger partial charge < -0.3 is 15.0 Å². The Morgan fingerprint density at radius 2 is 1.50 bits per heavy atom. The molecule has 0 spiro atoms. The molecule has 0 bridgehead atoms. The van der Waals surface area contributed by atoms with Crippen molar-refractivity contribution in [2.24, 2.45) is 0 Å². The number of hydrogen-bond acceptors (Lipinski definition) is 6. The van der Waals surface area contributed by atoms with Crippen molar-refractivity contribution in [3.63, 3.8) is 0 Å². The van der Waals surface area contributed by atoms with Gasteiger partial charge in [0, 0.05) is 45.0 Å². The van der Waals surface area contributed by atoms with Crippen LogP contribution in [0.5, 0.6) is 5.75 Å². The van der Waals surface area contributed by atoms with Gasteiger partial charge in [0.1, 0.15) is 18.2 Å². The number of aromatic nitrogens is 1. The van der Waals surface area contributed by atoms with Gasteiger partial charge in [-0.2, -0.15) is 0 Å². The second-order valence-electron chi connectivity index (χ2n) is 11.5. The zero-order chi connectivity index (χ0) is 30.1. The maximum absolute atomic E-state index is 12.6. The number of rotatable bonds is 10. The van der Waals surface area contributed by atoms with E-state index in [1.165, 1.54) is 29.5 Å². The molecule has 44 heavy (non-hydrogen) atoms. The van der Waals surface area contributed by atoms with Crippen LogP contribution < -0.4 is 15.0 Å². The number of anilines is 1. The van der Waals surface area contributed by atoms with Crippen molar-refractivity contribution in [3.8, 4) is 16.9 Å². The molecule has 0 saturated carbocycles. The van der Waals surface area contributed by atoms with Gasteiger partial charge in [-0.15, -0.1) is 0 Å². The standard InChI is InChI=1S/C36H40ClN5O2/c37-34-25-31(36(43)38-17-24-44-33-9-5-2-6-10-33)26-39-35(34)42-22-20-41(21-23-42)32-15-18-40(19-16-32)27-28-11-13-30(14-12-28)29-7-3-1-4-8-29/h1-14,25-26,32H,15-24,27H2,(H,38,43). The van der Waals surface area contributed by atoms with Gasteiger partial charge in [0.15, 0.2) is 0 Å². The Kier molecular flexibility index (Phi) is 10.1. The number of nitrogens with zero attached hydrogens (tertiary/aromatic N) is 4. The summed E-state index contributed by atoms with van der Waals surface area (Å²) in [5.41, 5.74) is 4.36. The van der Waals surface area contributed by atoms with Gasteiger partial charge in [-0.3, -0.25) is 14.6 Å². The summed E-state index contributed by atoms with van der Waals surface area (Å²) >= 11 is 6.63. The van der Waals surface area contributed by atoms with Crippen molar-refractivity contribution in [1.82, 2.24) is 20.1 Å². The molecule has 8 heteroatoms. The van der Waals surface area contributed by atoms with Gasteiger partial charge in [0.25, 0.3) is 5.91 Å². The van der Waals surface area contributed by atoms with Gasteiger partial charge >= 0.3 is 0 Å². The van der Waals surface area contributed by atoms with Crippen molar-refractivity contribution >= 4 is 23.3 Å². The van der Waals surface area contributed by atoms with Crippen LogP contribution in [0.4, 0.5) is 5.82 Å². The van der Waals surface area contributed by atoms with Gasteiger partial charge in [-0.05, 0) is 60.8 Å². The Morgan fingerprint density at radius 3 is 2.18 bits per heavy atom. The number of para-hydroxylation sites is 1. The molecule has 1 amide bonds. The van der Waals surface area contributed by atoms with Gasteiger partial charge in [0.2, 0.25) is 0 Å². The summed E-state index contributed by atoms with van der Waals surface area (Å²) in [7, 11) is 0. The predicted molar refractivity (Wildman–Crippen MR) is 177 cm³/mol. The van der Waals surface area contributed by atoms with Gasteiger partial charge in [-0.25, -0.2) is 4.98 Å². The van der Waals surface area contributed by atoms with Crippen molar-refractivity contribution < 1.29 is 9.53 Å². The first-order chi connectivity index (χ1) is 21.6. The van der Waals surface area contributed by atoms with Crippen molar-refractivity contribution in [2.45, 2.75) is 25.4 Å². The topological polar surface area (TPSA) is 60.9 Å². The molecule has 2 saturated heterocycles. The quantitative estimate of drug-likeness (QED) is 0.223. The number of hydrogen-bond donors (Lipinski definition) is 1. The third kappa shape index (κ3) is 7.78. The molecule has 7 nitrogen and oxygen atoms in total. The molecule has 0 atom stereocenters. The molecule has 228 valence electrons. The second kappa shape index (κ2) is 14.7. The normalized spacial score (nSPS) is 16.5. The molecular formula is C36H40ClN5O2. The van der Waals surface area contributed by atoms with E-state index in [9.17, 15) is 4.79 Å². The average molecular weight is 610 g/mol. The summed E-state index contributed by atoms with van der Waals surface area (Å²) in [5.74, 6) is 1.33. The van der Waals surface area contributed by atoms with E-state index in [2.05, 4.69) is 79.6 Å². The number of benzene rings is 3. The van der Waals surface area contributed by atoms with Crippen LogP contribution in [-0.2, 0) is 6.54 Å². The van der Waals surface area contributed by atoms with E-state index in [1.807, 2.05) is 30.3 Å². The number of pyridine rings is 1. The monoisotopic (exact) mass is 609 g/mol. The number of piperazine rings is 1. The lowest BCUT2D eigenvalue weighted by Gasteiger charge is -2.43. The summed E-state index contributed by atoms with van der Waals surface area (Å²) < 4.78 is 5.64. The number of halogens is 1. The van der Waals surface area contributed by atoms with E-state index < -0.39 is 0 Å². The number of carbonyl (C=O) groups is 1. The number of ether oxygens (including phenoxy) is 1. The highest BCUT2D eigenvalue weighted by molar-refractivity contribution is 6.33. The average Bonchev–Trinajstić information content (AvgIpc) is 3.08. The van der Waals surface area contributed by atoms with E-state index >= 15 is 0 Å². The zero-order valence-corrected chi connectivity index (χ0v) is 25.8. The minimum absolute atomic E-state index is 0.206. The summed E-state index contributed by atoms with van der Waals surface area (Å²) in [6.07, 6.45) is 4.01. The molecule has 2 aliphatic heterocycles. The highest BCUT2D eigenvalue weighted by Gasteiger charge is 2.28. The molecule has 1 aromatic heterocycles. The molecule has 0 radical (unpaired) electrons. The van der Waals surface area contributed by atoms with E-state index in [1.54, 1.807) is 12.3 Å². The summed E-state index contributed by atoms with van der Waals surface area (Å²) in [4.78, 5) is 24.7. The van der Waals surface area contributed by atoms with Crippen molar-refractivity contribution in [1.29, 1.82) is 0 Å². The fourth-order valence-corrected chi connectivity index (χ4v) is 6.46. The van der Waals surface area contributed by atoms with Crippen LogP contribution in [0.3, 0.4) is 0 Å². The zero-order valence-electron chi connectivity index (χ0n) is 25.1. The minimum atomic E-state index is -0.206. The summed E-state index contributed by atoms with van der Waals surface area (Å²) in [6, 6.07) is 31.5. The number of carbonyl (C=O) groups excluding carboxylic acids is 1. The molecule has 0 unspecified atom stereocenters. The van der Waals surface area contributed by atoms with Crippen LogP contribution in [0.15, 0.2) is 97.2 Å². The molecule has 3 heterocycles. The fourth-order valence-electron chi connectivity index (χ4n) is 6.17. The Hall–Kier alpha value is -3.91. The number of nitrogens with one attached hydrogen (secondary N) is 1. The Balaban J connectivity index is 0.921. The van der Waals surface area contributed by atoms with E-state index in [-0.39, 0.29) is 5.91 Å². The Bertz CT molecular complexity index is 1490. The summed E-state index contributed by atoms with van der Waals surface area (Å²) in [6.45, 7) is 7.79. The lowest BCUT2D eigenvalue weighted by Crippen LogP contribution is -2.53. The molecule has 6 rings (SSSR count). The van der Waals surface area contributed by atoms with E-state index in [0.717, 1.165) is 57.4 Å². The van der Waals surface area contributed by atoms with Crippen LogP contribution in [0.1, 0.15) is 28.8 Å². The van der Waals surface area contributed by atoms with Crippen LogP contribution >= 0.6 is 11.6 Å². The second-order valence-corrected chi connectivity index (χ2v) is 11.9. The smallest absolute Gasteiger partial charge is 0.253 e. The Labute approximate surface area is 265 Å². The Morgan fingerprint density at radius 1 is 0.841 bits per heavy atom. The molecule has 2 aliphatic rings. The third-order valence-corrected chi connectivity index (χ3v) is 8.92. The molecule has 1 N–H and O–H groups in total. The first kappa shape index (κ1) is 30.1. The molecule has 2 fully saturated rings.